The van der Waals surface area contributed by atoms with Gasteiger partial charge < -0.3 is 10.2 Å². The number of nitrogens with zero attached hydrogens (tertiary/aromatic N) is 6. The summed E-state index contributed by atoms with van der Waals surface area (Å²) >= 11 is 10.9. The summed E-state index contributed by atoms with van der Waals surface area (Å²) in [7, 11) is 0. The van der Waals surface area contributed by atoms with Gasteiger partial charge in [0.25, 0.3) is 0 Å². The number of rotatable bonds is 4. The standard InChI is InChI=1S/C59HN.C29H19F7N6S2/c1-2-3-4-5-6-7-8-9-10-11-12-13-14-15-16-17-18-19-20-21-22-23-24-25-26-27-28-29-30-31-32-33-34-35-36-37-38-39-40-41-42-43-44-45-46-47-48-49-50-51-52-53-54-55-56-57-58-59-60;1-16-4-8-19(9-5-16)42-26(44)41(20-10-11-23(38-3)22(13-20)29(34,35)36)24(27(42,2)15-30)40-25(43)39-18-7-6-17(14-37)21(12-18)28(31,32)33/h1H;4-13H,15H2,1-2H3,(H,39,43). The molecule has 1 aliphatic heterocycles. The van der Waals surface area contributed by atoms with Gasteiger partial charge in [0.15, 0.2) is 22.0 Å². The maximum absolute atomic E-state index is 15.1. The molecule has 468 valence electrons. The highest BCUT2D eigenvalue weighted by Gasteiger charge is 2.52. The molecule has 0 bridgehead atoms. The Balaban J connectivity index is 0.000000563. The Morgan fingerprint density at radius 3 is 1.06 bits per heavy atom. The van der Waals surface area contributed by atoms with Crippen LogP contribution in [-0.2, 0) is 12.4 Å². The third-order valence-corrected chi connectivity index (χ3v) is 10.8. The number of nitrogens with one attached hydrogen (secondary N) is 1. The number of hydrogen-bond acceptors (Lipinski definition) is 4. The van der Waals surface area contributed by atoms with Gasteiger partial charge in [-0.2, -0.15) is 36.9 Å². The van der Waals surface area contributed by atoms with Crippen LogP contribution in [0.3, 0.4) is 0 Å². The molecule has 3 aromatic rings. The maximum atomic E-state index is 15.1. The van der Waals surface area contributed by atoms with E-state index in [1.807, 2.05) is 6.92 Å². The maximum Gasteiger partial charge on any atom is 0.417 e. The Kier molecular flexibility index (Phi) is 37.0. The van der Waals surface area contributed by atoms with Gasteiger partial charge in [-0.3, -0.25) is 4.90 Å². The molecule has 1 saturated heterocycles. The molecule has 104 heavy (non-hydrogen) atoms. The first-order valence-corrected chi connectivity index (χ1v) is 28.0. The van der Waals surface area contributed by atoms with Gasteiger partial charge in [-0.1, -0.05) is 23.8 Å². The zero-order valence-corrected chi connectivity index (χ0v) is 54.3. The minimum absolute atomic E-state index is 0.169. The van der Waals surface area contributed by atoms with Crippen molar-refractivity contribution in [1.29, 1.82) is 10.5 Å². The van der Waals surface area contributed by atoms with Crippen molar-refractivity contribution in [2.24, 2.45) is 4.99 Å². The topological polar surface area (TPSA) is 82.8 Å². The van der Waals surface area contributed by atoms with Crippen LogP contribution in [0.4, 0.5) is 53.5 Å². The molecule has 1 N–H and O–H groups in total. The van der Waals surface area contributed by atoms with E-state index in [1.54, 1.807) is 30.3 Å². The number of nitriles is 2. The average molecular weight is 1370 g/mol. The van der Waals surface area contributed by atoms with Crippen LogP contribution in [0.1, 0.15) is 29.2 Å². The average Bonchev–Trinajstić information content (AvgIpc) is 1.57. The highest BCUT2D eigenvalue weighted by Crippen LogP contribution is 2.43. The first-order valence-electron chi connectivity index (χ1n) is 27.2. The van der Waals surface area contributed by atoms with Gasteiger partial charge >= 0.3 is 12.4 Å². The largest absolute Gasteiger partial charge is 0.417 e. The molecule has 16 heteroatoms. The van der Waals surface area contributed by atoms with Crippen LogP contribution in [-0.4, -0.2) is 28.3 Å². The number of terminal acetylenes is 1. The highest BCUT2D eigenvalue weighted by atomic mass is 32.1. The van der Waals surface area contributed by atoms with Crippen LogP contribution >= 0.6 is 24.4 Å². The summed E-state index contributed by atoms with van der Waals surface area (Å²) in [5.74, 6) is 140. The van der Waals surface area contributed by atoms with Crippen LogP contribution < -0.4 is 15.1 Å². The lowest BCUT2D eigenvalue weighted by Gasteiger charge is -2.32. The lowest BCUT2D eigenvalue weighted by Crippen LogP contribution is -2.49. The Labute approximate surface area is 609 Å². The summed E-state index contributed by atoms with van der Waals surface area (Å²) in [5, 5.41) is 19.1. The van der Waals surface area contributed by atoms with Crippen molar-refractivity contribution in [2.45, 2.75) is 31.7 Å². The fraction of sp³-hybridized carbons (Fsp3) is 0.0682. The van der Waals surface area contributed by atoms with Crippen LogP contribution in [0.15, 0.2) is 65.7 Å². The number of hydrogen-bond donors (Lipinski definition) is 1. The molecule has 0 aliphatic carbocycles. The monoisotopic (exact) mass is 1370 g/mol. The van der Waals surface area contributed by atoms with Gasteiger partial charge in [0.2, 0.25) is 0 Å². The van der Waals surface area contributed by atoms with E-state index in [-0.39, 0.29) is 22.3 Å². The van der Waals surface area contributed by atoms with E-state index in [4.69, 9.17) is 48.0 Å². The molecule has 0 amide bonds. The molecule has 0 radical (unpaired) electrons. The second kappa shape index (κ2) is 47.9. The molecule has 1 fully saturated rings. The minimum Gasteiger partial charge on any atom is -0.331 e. The summed E-state index contributed by atoms with van der Waals surface area (Å²) in [6, 6.07) is 15.3. The quantitative estimate of drug-likeness (QED) is 0.121. The summed E-state index contributed by atoms with van der Waals surface area (Å²) in [5.41, 5.74) is -4.71. The van der Waals surface area contributed by atoms with Crippen molar-refractivity contribution >= 4 is 63.2 Å². The van der Waals surface area contributed by atoms with Gasteiger partial charge in [0, 0.05) is 307 Å². The predicted molar refractivity (Wildman–Crippen MR) is 393 cm³/mol. The molecular formula is C88H20F7N7S2. The lowest BCUT2D eigenvalue weighted by atomic mass is 10.0. The van der Waals surface area contributed by atoms with Crippen molar-refractivity contribution in [3.8, 4) is 356 Å². The van der Waals surface area contributed by atoms with Crippen LogP contribution in [0.5, 0.6) is 0 Å². The molecule has 0 aromatic heterocycles. The zero-order chi connectivity index (χ0) is 75.6. The van der Waals surface area contributed by atoms with Crippen molar-refractivity contribution in [2.75, 3.05) is 21.8 Å². The van der Waals surface area contributed by atoms with E-state index >= 15 is 4.39 Å². The van der Waals surface area contributed by atoms with Crippen LogP contribution in [0, 0.1) is 380 Å². The van der Waals surface area contributed by atoms with Gasteiger partial charge in [-0.05, 0) is 128 Å². The summed E-state index contributed by atoms with van der Waals surface area (Å²) in [6.07, 6.45) is -4.84. The molecule has 1 atom stereocenters. The number of aliphatic imine (C=N–C) groups is 1. The third kappa shape index (κ3) is 32.3. The first-order chi connectivity index (χ1) is 50.5. The molecule has 0 spiro atoms. The fourth-order valence-corrected chi connectivity index (χ4v) is 7.00. The predicted octanol–water partition coefficient (Wildman–Crippen LogP) is 8.83. The number of amidine groups is 1. The zero-order valence-electron chi connectivity index (χ0n) is 52.7. The van der Waals surface area contributed by atoms with Gasteiger partial charge in [0.1, 0.15) is 18.0 Å². The van der Waals surface area contributed by atoms with Crippen molar-refractivity contribution in [1.82, 2.24) is 0 Å². The van der Waals surface area contributed by atoms with Gasteiger partial charge in [-0.15, -0.1) is 6.42 Å². The fourth-order valence-electron chi connectivity index (χ4n) is 6.30. The van der Waals surface area contributed by atoms with Crippen molar-refractivity contribution in [3.05, 3.63) is 94.3 Å². The molecule has 1 unspecified atom stereocenters. The lowest BCUT2D eigenvalue weighted by molar-refractivity contribution is -0.138. The minimum atomic E-state index is -4.92. The number of halogens is 7. The van der Waals surface area contributed by atoms with E-state index in [0.717, 1.165) is 28.7 Å². The van der Waals surface area contributed by atoms with Crippen LogP contribution in [0.2, 0.25) is 0 Å². The molecule has 1 heterocycles. The summed E-state index contributed by atoms with van der Waals surface area (Å²) in [4.78, 5) is 9.63. The van der Waals surface area contributed by atoms with E-state index in [1.165, 1.54) is 24.0 Å². The molecule has 0 saturated carbocycles. The molecular weight excluding hydrogens is 1350 g/mol. The normalized spacial score (nSPS) is 9.82. The number of alkyl halides is 7. The second-order valence-corrected chi connectivity index (χ2v) is 17.8. The Hall–Kier alpha value is -17.9. The number of aryl methyl sites for hydroxylation is 1. The smallest absolute Gasteiger partial charge is 0.331 e. The number of thiocarbonyl (C=S) groups is 2. The van der Waals surface area contributed by atoms with E-state index in [9.17, 15) is 26.3 Å². The highest BCUT2D eigenvalue weighted by molar-refractivity contribution is 7.81. The molecule has 7 nitrogen and oxygen atoms in total. The van der Waals surface area contributed by atoms with E-state index < -0.39 is 52.1 Å². The Morgan fingerprint density at radius 1 is 0.471 bits per heavy atom. The second-order valence-electron chi connectivity index (χ2n) is 17.0. The molecule has 3 aromatic carbocycles. The van der Waals surface area contributed by atoms with Gasteiger partial charge in [0.05, 0.1) is 29.3 Å². The van der Waals surface area contributed by atoms with E-state index in [0.29, 0.717) is 17.8 Å². The van der Waals surface area contributed by atoms with Crippen molar-refractivity contribution < 1.29 is 30.7 Å². The van der Waals surface area contributed by atoms with Gasteiger partial charge in [-0.25, -0.2) is 14.2 Å². The summed E-state index contributed by atoms with van der Waals surface area (Å²) < 4.78 is 97.3. The number of benzene rings is 3. The molecule has 4 rings (SSSR count). The Morgan fingerprint density at radius 2 is 0.779 bits per heavy atom. The Bertz CT molecular complexity index is 6060. The SMILES string of the molecule is C#CC#CC#CC#CC#CC#CC#CC#CC#CC#CC#CC#CC#CC#CC#CC#CC#CC#CC#CC#CC#CC#CC#CC#CC#CC#CC#CC#CC#CC#N.[C-]#[N+]c1ccc(N2C(=S)N(c3ccc(C)cc3)C(C)(CF)C2=NC(=S)Nc2ccc(C#N)c(C(F)(F)F)c2)cc1C(F)(F)F. The molecule has 1 aliphatic rings. The van der Waals surface area contributed by atoms with E-state index in [2.05, 4.69) is 353 Å². The van der Waals surface area contributed by atoms with Crippen molar-refractivity contribution in [3.63, 3.8) is 0 Å². The third-order valence-electron chi connectivity index (χ3n) is 10.3. The van der Waals surface area contributed by atoms with Crippen LogP contribution in [0.25, 0.3) is 4.85 Å². The summed E-state index contributed by atoms with van der Waals surface area (Å²) in [6.45, 7) is 9.19. The number of anilines is 3. The first kappa shape index (κ1) is 80.4.